The van der Waals surface area contributed by atoms with Crippen molar-refractivity contribution in [3.05, 3.63) is 29.3 Å². The summed E-state index contributed by atoms with van der Waals surface area (Å²) >= 11 is 7.44. The zero-order valence-corrected chi connectivity index (χ0v) is 20.7. The molecule has 3 rings (SSSR count). The van der Waals surface area contributed by atoms with Gasteiger partial charge in [-0.25, -0.2) is 9.80 Å². The molecule has 2 aliphatic rings. The Morgan fingerprint density at radius 1 is 1.25 bits per heavy atom. The van der Waals surface area contributed by atoms with Crippen molar-refractivity contribution in [2.75, 3.05) is 43.1 Å². The predicted octanol–water partition coefficient (Wildman–Crippen LogP) is 1.98. The molecule has 198 valence electrons. The van der Waals surface area contributed by atoms with Gasteiger partial charge >= 0.3 is 12.1 Å². The van der Waals surface area contributed by atoms with Crippen LogP contribution in [0.2, 0.25) is 5.02 Å². The van der Waals surface area contributed by atoms with E-state index in [1.807, 2.05) is 0 Å². The van der Waals surface area contributed by atoms with Crippen LogP contribution in [0.4, 0.5) is 18.9 Å². The van der Waals surface area contributed by atoms with Crippen LogP contribution in [0.3, 0.4) is 0 Å². The zero-order chi connectivity index (χ0) is 26.9. The molecule has 10 nitrogen and oxygen atoms in total. The Morgan fingerprint density at radius 2 is 1.83 bits per heavy atom. The number of benzene rings is 1. The monoisotopic (exact) mass is 550 g/mol. The number of likely N-dealkylation sites (tertiary alicyclic amines) is 1. The Morgan fingerprint density at radius 3 is 2.36 bits per heavy atom. The molecule has 2 fully saturated rings. The first-order valence-corrected chi connectivity index (χ1v) is 12.3. The first-order chi connectivity index (χ1) is 16.9. The molecule has 1 atom stereocenters. The number of carboxylic acids is 1. The molecule has 2 saturated heterocycles. The Hall–Kier alpha value is -2.57. The van der Waals surface area contributed by atoms with Crippen molar-refractivity contribution in [2.45, 2.75) is 31.1 Å². The molecule has 0 spiro atoms. The molecular formula is C21H26ClF3N6O4S. The standard InChI is InChI=1S/C19H25ClN6O2S.C2HF3O2/c20-14-1-3-15(4-2-14)23-18(27)10-24-7-5-16(6-8-24)26(22)11-19(28)25-13-29-12-17(25)9-21;3-2(4,5)1(6)7/h1-4,16-17H,5-8,10-13,22H2,(H,23,27);(H,6,7)/t17-;/m1./s1. The van der Waals surface area contributed by atoms with Crippen LogP contribution >= 0.6 is 23.4 Å². The molecule has 15 heteroatoms. The van der Waals surface area contributed by atoms with Crippen molar-refractivity contribution in [1.82, 2.24) is 14.8 Å². The van der Waals surface area contributed by atoms with E-state index in [4.69, 9.17) is 32.6 Å². The Labute approximate surface area is 215 Å². The molecule has 0 aromatic heterocycles. The van der Waals surface area contributed by atoms with Crippen molar-refractivity contribution in [3.63, 3.8) is 0 Å². The average molecular weight is 551 g/mol. The summed E-state index contributed by atoms with van der Waals surface area (Å²) in [5.74, 6) is 4.43. The molecule has 0 radical (unpaired) electrons. The Balaban J connectivity index is 0.000000572. The van der Waals surface area contributed by atoms with E-state index >= 15 is 0 Å². The zero-order valence-electron chi connectivity index (χ0n) is 19.1. The fourth-order valence-corrected chi connectivity index (χ4v) is 4.75. The molecule has 0 unspecified atom stereocenters. The van der Waals surface area contributed by atoms with Crippen LogP contribution < -0.4 is 11.2 Å². The maximum atomic E-state index is 12.4. The van der Waals surface area contributed by atoms with E-state index < -0.39 is 12.1 Å². The van der Waals surface area contributed by atoms with Crippen LogP contribution in [-0.2, 0) is 14.4 Å². The van der Waals surface area contributed by atoms with Crippen molar-refractivity contribution in [3.8, 4) is 6.07 Å². The van der Waals surface area contributed by atoms with E-state index in [9.17, 15) is 22.8 Å². The van der Waals surface area contributed by atoms with Crippen LogP contribution in [0.5, 0.6) is 0 Å². The number of carbonyl (C=O) groups excluding carboxylic acids is 2. The number of aliphatic carboxylic acids is 1. The molecule has 4 N–H and O–H groups in total. The van der Waals surface area contributed by atoms with E-state index in [0.29, 0.717) is 23.2 Å². The summed E-state index contributed by atoms with van der Waals surface area (Å²) in [6, 6.07) is 8.90. The normalized spacial score (nSPS) is 18.8. The van der Waals surface area contributed by atoms with E-state index in [1.165, 1.54) is 0 Å². The Bertz CT molecular complexity index is 954. The summed E-state index contributed by atoms with van der Waals surface area (Å²) in [6.07, 6.45) is -3.51. The molecule has 0 saturated carbocycles. The number of hydrogen-bond donors (Lipinski definition) is 3. The van der Waals surface area contributed by atoms with Crippen molar-refractivity contribution in [1.29, 1.82) is 5.26 Å². The van der Waals surface area contributed by atoms with Gasteiger partial charge in [-0.2, -0.15) is 18.4 Å². The molecule has 2 aliphatic heterocycles. The summed E-state index contributed by atoms with van der Waals surface area (Å²) in [7, 11) is 0. The number of thioether (sulfide) groups is 1. The van der Waals surface area contributed by atoms with Crippen LogP contribution in [0, 0.1) is 11.3 Å². The van der Waals surface area contributed by atoms with Gasteiger partial charge in [0.1, 0.15) is 6.04 Å². The number of halogens is 4. The number of alkyl halides is 3. The highest BCUT2D eigenvalue weighted by atomic mass is 35.5. The molecule has 0 bridgehead atoms. The van der Waals surface area contributed by atoms with Gasteiger partial charge in [-0.15, -0.1) is 11.8 Å². The lowest BCUT2D eigenvalue weighted by Gasteiger charge is -2.36. The van der Waals surface area contributed by atoms with Gasteiger partial charge in [0.15, 0.2) is 0 Å². The van der Waals surface area contributed by atoms with Gasteiger partial charge in [0.25, 0.3) is 0 Å². The van der Waals surface area contributed by atoms with Gasteiger partial charge in [0.2, 0.25) is 11.8 Å². The largest absolute Gasteiger partial charge is 0.490 e. The minimum atomic E-state index is -5.08. The highest BCUT2D eigenvalue weighted by Gasteiger charge is 2.38. The first-order valence-electron chi connectivity index (χ1n) is 10.8. The van der Waals surface area contributed by atoms with Crippen molar-refractivity contribution in [2.24, 2.45) is 5.84 Å². The highest BCUT2D eigenvalue weighted by molar-refractivity contribution is 7.99. The summed E-state index contributed by atoms with van der Waals surface area (Å²) in [6.45, 7) is 1.90. The third-order valence-corrected chi connectivity index (χ3v) is 6.70. The number of anilines is 1. The van der Waals surface area contributed by atoms with E-state index in [-0.39, 0.29) is 30.4 Å². The maximum absolute atomic E-state index is 12.4. The lowest BCUT2D eigenvalue weighted by molar-refractivity contribution is -0.192. The molecule has 2 amide bonds. The summed E-state index contributed by atoms with van der Waals surface area (Å²) < 4.78 is 31.7. The predicted molar refractivity (Wildman–Crippen MR) is 128 cm³/mol. The number of hydrazine groups is 1. The fourth-order valence-electron chi connectivity index (χ4n) is 3.52. The number of nitriles is 1. The summed E-state index contributed by atoms with van der Waals surface area (Å²) in [5, 5.41) is 21.3. The number of amides is 2. The van der Waals surface area contributed by atoms with Crippen molar-refractivity contribution < 1.29 is 32.7 Å². The highest BCUT2D eigenvalue weighted by Crippen LogP contribution is 2.21. The van der Waals surface area contributed by atoms with Crippen LogP contribution in [0.1, 0.15) is 12.8 Å². The number of hydrogen-bond acceptors (Lipinski definition) is 8. The number of carboxylic acid groups (broad SMARTS) is 1. The van der Waals surface area contributed by atoms with E-state index in [2.05, 4.69) is 16.3 Å². The van der Waals surface area contributed by atoms with Crippen LogP contribution in [-0.4, -0.2) is 93.8 Å². The van der Waals surface area contributed by atoms with Gasteiger partial charge in [0, 0.05) is 35.6 Å². The number of piperidine rings is 1. The molecule has 1 aromatic rings. The number of nitrogens with zero attached hydrogens (tertiary/aromatic N) is 4. The maximum Gasteiger partial charge on any atom is 0.490 e. The SMILES string of the molecule is N#C[C@@H]1CSCN1C(=O)CN(N)C1CCN(CC(=O)Nc2ccc(Cl)cc2)CC1.O=C(O)C(F)(F)F. The summed E-state index contributed by atoms with van der Waals surface area (Å²) in [5.41, 5.74) is 0.719. The van der Waals surface area contributed by atoms with Gasteiger partial charge in [-0.05, 0) is 37.1 Å². The minimum Gasteiger partial charge on any atom is -0.475 e. The molecular weight excluding hydrogens is 525 g/mol. The van der Waals surface area contributed by atoms with E-state index in [1.54, 1.807) is 45.9 Å². The lowest BCUT2D eigenvalue weighted by Crippen LogP contribution is -2.53. The summed E-state index contributed by atoms with van der Waals surface area (Å²) in [4.78, 5) is 37.3. The van der Waals surface area contributed by atoms with E-state index in [0.717, 1.165) is 31.6 Å². The average Bonchev–Trinajstić information content (AvgIpc) is 3.30. The molecule has 2 heterocycles. The van der Waals surface area contributed by atoms with Crippen LogP contribution in [0.15, 0.2) is 24.3 Å². The second-order valence-corrected chi connectivity index (χ2v) is 9.48. The Kier molecular flexibility index (Phi) is 11.3. The molecule has 1 aromatic carbocycles. The number of rotatable bonds is 6. The van der Waals surface area contributed by atoms with Gasteiger partial charge in [0.05, 0.1) is 25.0 Å². The molecule has 36 heavy (non-hydrogen) atoms. The smallest absolute Gasteiger partial charge is 0.475 e. The van der Waals surface area contributed by atoms with Gasteiger partial charge in [-0.1, -0.05) is 11.6 Å². The number of carbonyl (C=O) groups is 3. The van der Waals surface area contributed by atoms with Gasteiger partial charge in [-0.3, -0.25) is 20.3 Å². The second kappa shape index (κ2) is 13.7. The number of nitrogens with one attached hydrogen (secondary N) is 1. The van der Waals surface area contributed by atoms with Gasteiger partial charge < -0.3 is 15.3 Å². The third-order valence-electron chi connectivity index (χ3n) is 5.43. The second-order valence-electron chi connectivity index (χ2n) is 8.05. The topological polar surface area (TPSA) is 143 Å². The van der Waals surface area contributed by atoms with Crippen LogP contribution in [0.25, 0.3) is 0 Å². The fraction of sp³-hybridized carbons (Fsp3) is 0.524. The third kappa shape index (κ3) is 9.47. The lowest BCUT2D eigenvalue weighted by atomic mass is 10.0. The number of nitrogens with two attached hydrogens (primary N) is 1. The first kappa shape index (κ1) is 29.7. The molecule has 0 aliphatic carbocycles. The van der Waals surface area contributed by atoms with Crippen molar-refractivity contribution >= 4 is 46.8 Å². The minimum absolute atomic E-state index is 0.0698. The quantitative estimate of drug-likeness (QED) is 0.358.